The van der Waals surface area contributed by atoms with Crippen LogP contribution in [0.25, 0.3) is 0 Å². The number of ether oxygens (including phenoxy) is 1. The van der Waals surface area contributed by atoms with Crippen molar-refractivity contribution in [2.24, 2.45) is 10.9 Å². The van der Waals surface area contributed by atoms with E-state index in [1.807, 2.05) is 40.1 Å². The molecule has 0 radical (unpaired) electrons. The number of hydroxylamine groups is 1. The van der Waals surface area contributed by atoms with Crippen LogP contribution in [-0.2, 0) is 32.0 Å². The van der Waals surface area contributed by atoms with Crippen LogP contribution in [-0.4, -0.2) is 108 Å². The Labute approximate surface area is 293 Å². The number of allylic oxidation sites excluding steroid dienone is 1. The number of benzene rings is 2. The Kier molecular flexibility index (Phi) is 12.6. The topological polar surface area (TPSA) is 153 Å². The Hall–Kier alpha value is -4.45. The number of nitrogens with one attached hydrogen (secondary N) is 2. The first-order chi connectivity index (χ1) is 23.7. The number of hydrogen-bond donors (Lipinski definition) is 3. The molecule has 0 aromatic heterocycles. The Balaban J connectivity index is 1.18. The van der Waals surface area contributed by atoms with E-state index in [1.54, 1.807) is 17.0 Å². The van der Waals surface area contributed by atoms with Gasteiger partial charge in [0.15, 0.2) is 6.10 Å². The number of rotatable bonds is 9. The van der Waals surface area contributed by atoms with Gasteiger partial charge >= 0.3 is 12.1 Å². The Morgan fingerprint density at radius 1 is 1.10 bits per heavy atom. The summed E-state index contributed by atoms with van der Waals surface area (Å²) in [4.78, 5) is 65.3. The molecule has 2 saturated heterocycles. The lowest BCUT2D eigenvalue weighted by Crippen LogP contribution is -2.50. The third-order valence-corrected chi connectivity index (χ3v) is 9.66. The van der Waals surface area contributed by atoms with E-state index in [4.69, 9.17) is 4.74 Å². The molecule has 5 rings (SSSR count). The number of aromatic hydroxyl groups is 1. The minimum Gasteiger partial charge on any atom is -0.507 e. The Bertz CT molecular complexity index is 1620. The van der Waals surface area contributed by atoms with Gasteiger partial charge in [-0.05, 0) is 102 Å². The van der Waals surface area contributed by atoms with Gasteiger partial charge in [0.1, 0.15) is 5.75 Å². The van der Waals surface area contributed by atoms with Gasteiger partial charge in [0.2, 0.25) is 0 Å². The van der Waals surface area contributed by atoms with Gasteiger partial charge in [-0.3, -0.25) is 19.3 Å². The van der Waals surface area contributed by atoms with Crippen molar-refractivity contribution in [1.29, 1.82) is 0 Å². The first-order valence-electron chi connectivity index (χ1n) is 16.4. The number of nitrogens with zero attached hydrogens (tertiary/aromatic N) is 4. The summed E-state index contributed by atoms with van der Waals surface area (Å²) < 4.78 is 6.19. The SMILES string of the molecule is CONC(=O)CN1CCC(C=C=C=NC(=O)[C@@H](Cc2ccc(O)c(Br)c2)OC(=O)N2CCC(N3CCc4ccccc4NC3=O)CC2)CC1. The molecule has 0 unspecified atom stereocenters. The van der Waals surface area contributed by atoms with E-state index in [0.29, 0.717) is 42.5 Å². The number of anilines is 1. The first kappa shape index (κ1) is 35.8. The molecule has 5 amide bonds. The standard InChI is InChI=1S/C35H41BrN6O7/c1-48-39-32(44)23-40-16-10-24(11-17-40)5-4-15-37-33(45)31(22-25-8-9-30(43)28(36)21-25)49-35(47)41-18-13-27(14-19-41)42-20-12-26-6-2-3-7-29(26)38-34(42)46/h2-3,5-9,21,24,27,31,43H,10-14,16-20,22-23H2,1H3,(H,38,46)(H,39,44)/t31-/m1/s1. The summed E-state index contributed by atoms with van der Waals surface area (Å²) in [5, 5.41) is 12.9. The van der Waals surface area contributed by atoms with Gasteiger partial charge in [-0.25, -0.2) is 15.1 Å². The zero-order valence-corrected chi connectivity index (χ0v) is 29.0. The molecule has 3 N–H and O–H groups in total. The monoisotopic (exact) mass is 736 g/mol. The van der Waals surface area contributed by atoms with Crippen LogP contribution in [0, 0.1) is 5.92 Å². The summed E-state index contributed by atoms with van der Waals surface area (Å²) in [6, 6.07) is 12.4. The number of phenols is 1. The second kappa shape index (κ2) is 17.3. The van der Waals surface area contributed by atoms with E-state index < -0.39 is 18.1 Å². The molecule has 13 nitrogen and oxygen atoms in total. The summed E-state index contributed by atoms with van der Waals surface area (Å²) in [6.07, 6.45) is 3.51. The molecule has 1 atom stereocenters. The summed E-state index contributed by atoms with van der Waals surface area (Å²) in [5.41, 5.74) is 7.75. The fraction of sp³-hybridized carbons (Fsp3) is 0.457. The number of urea groups is 1. The number of carbonyl (C=O) groups excluding carboxylic acids is 4. The van der Waals surface area contributed by atoms with Gasteiger partial charge in [-0.1, -0.05) is 30.0 Å². The molecule has 49 heavy (non-hydrogen) atoms. The molecule has 14 heteroatoms. The molecule has 0 spiro atoms. The van der Waals surface area contributed by atoms with E-state index in [-0.39, 0.29) is 42.6 Å². The molecular formula is C35H41BrN6O7. The van der Waals surface area contributed by atoms with Crippen molar-refractivity contribution in [3.8, 4) is 5.75 Å². The van der Waals surface area contributed by atoms with E-state index in [9.17, 15) is 24.3 Å². The van der Waals surface area contributed by atoms with Crippen molar-refractivity contribution in [1.82, 2.24) is 20.2 Å². The van der Waals surface area contributed by atoms with Crippen molar-refractivity contribution < 1.29 is 33.9 Å². The number of fused-ring (bicyclic) bond motifs is 1. The largest absolute Gasteiger partial charge is 0.507 e. The zero-order valence-electron chi connectivity index (χ0n) is 27.4. The second-order valence-corrected chi connectivity index (χ2v) is 13.2. The number of para-hydroxylation sites is 1. The minimum atomic E-state index is -1.23. The molecule has 0 saturated carbocycles. The van der Waals surface area contributed by atoms with Crippen LogP contribution >= 0.6 is 15.9 Å². The zero-order chi connectivity index (χ0) is 34.8. The summed E-state index contributed by atoms with van der Waals surface area (Å²) >= 11 is 3.29. The van der Waals surface area contributed by atoms with Gasteiger partial charge in [-0.15, -0.1) is 0 Å². The summed E-state index contributed by atoms with van der Waals surface area (Å²) in [5.74, 6) is 1.92. The highest BCUT2D eigenvalue weighted by atomic mass is 79.9. The van der Waals surface area contributed by atoms with E-state index >= 15 is 0 Å². The third-order valence-electron chi connectivity index (χ3n) is 9.02. The molecule has 3 heterocycles. The number of carbonyl (C=O) groups is 4. The van der Waals surface area contributed by atoms with Crippen molar-refractivity contribution >= 4 is 51.4 Å². The Morgan fingerprint density at radius 2 is 1.86 bits per heavy atom. The van der Waals surface area contributed by atoms with Crippen LogP contribution in [0.3, 0.4) is 0 Å². The molecular weight excluding hydrogens is 696 g/mol. The number of halogens is 1. The van der Waals surface area contributed by atoms with Crippen LogP contribution < -0.4 is 10.8 Å². The highest BCUT2D eigenvalue weighted by molar-refractivity contribution is 9.10. The average Bonchev–Trinajstić information content (AvgIpc) is 3.26. The highest BCUT2D eigenvalue weighted by Crippen LogP contribution is 2.27. The van der Waals surface area contributed by atoms with Gasteiger partial charge in [0.25, 0.3) is 11.8 Å². The van der Waals surface area contributed by atoms with Gasteiger partial charge in [-0.2, -0.15) is 4.99 Å². The van der Waals surface area contributed by atoms with Crippen molar-refractivity contribution in [3.63, 3.8) is 0 Å². The van der Waals surface area contributed by atoms with Crippen LogP contribution in [0.4, 0.5) is 15.3 Å². The van der Waals surface area contributed by atoms with E-state index in [0.717, 1.165) is 43.6 Å². The smallest absolute Gasteiger partial charge is 0.410 e. The van der Waals surface area contributed by atoms with Gasteiger partial charge in [0, 0.05) is 43.7 Å². The van der Waals surface area contributed by atoms with Gasteiger partial charge < -0.3 is 25.0 Å². The third kappa shape index (κ3) is 10.0. The fourth-order valence-electron chi connectivity index (χ4n) is 6.31. The number of likely N-dealkylation sites (tertiary alicyclic amines) is 2. The van der Waals surface area contributed by atoms with E-state index in [2.05, 4.69) is 48.2 Å². The Morgan fingerprint density at radius 3 is 2.59 bits per heavy atom. The quantitative estimate of drug-likeness (QED) is 0.198. The molecule has 2 aromatic rings. The predicted molar refractivity (Wildman–Crippen MR) is 185 cm³/mol. The number of amides is 5. The molecule has 3 aliphatic heterocycles. The maximum Gasteiger partial charge on any atom is 0.410 e. The van der Waals surface area contributed by atoms with Crippen LogP contribution in [0.2, 0.25) is 0 Å². The first-order valence-corrected chi connectivity index (χ1v) is 17.2. The second-order valence-electron chi connectivity index (χ2n) is 12.3. The number of hydrogen-bond acceptors (Lipinski definition) is 8. The summed E-state index contributed by atoms with van der Waals surface area (Å²) in [6.45, 7) is 3.04. The lowest BCUT2D eigenvalue weighted by Gasteiger charge is -2.37. The molecule has 2 aromatic carbocycles. The van der Waals surface area contributed by atoms with Crippen LogP contribution in [0.1, 0.15) is 36.8 Å². The molecule has 3 aliphatic rings. The number of aliphatic imine (C=N–C) groups is 1. The van der Waals surface area contributed by atoms with Crippen molar-refractivity contribution in [2.75, 3.05) is 51.7 Å². The lowest BCUT2D eigenvalue weighted by molar-refractivity contribution is -0.132. The van der Waals surface area contributed by atoms with Gasteiger partial charge in [0.05, 0.1) is 18.1 Å². The molecule has 0 bridgehead atoms. The number of phenolic OH excluding ortho intramolecular Hbond substituents is 1. The molecule has 0 aliphatic carbocycles. The summed E-state index contributed by atoms with van der Waals surface area (Å²) in [7, 11) is 1.40. The van der Waals surface area contributed by atoms with Crippen molar-refractivity contribution in [3.05, 3.63) is 69.9 Å². The minimum absolute atomic E-state index is 0.0333. The number of piperidine rings is 2. The highest BCUT2D eigenvalue weighted by Gasteiger charge is 2.33. The normalized spacial score (nSPS) is 17.8. The van der Waals surface area contributed by atoms with Crippen LogP contribution in [0.15, 0.2) is 63.7 Å². The maximum atomic E-state index is 13.3. The van der Waals surface area contributed by atoms with E-state index in [1.165, 1.54) is 13.2 Å². The fourth-order valence-corrected chi connectivity index (χ4v) is 6.73. The predicted octanol–water partition coefficient (Wildman–Crippen LogP) is 4.05. The van der Waals surface area contributed by atoms with Crippen LogP contribution in [0.5, 0.6) is 5.75 Å². The average molecular weight is 738 g/mol. The lowest BCUT2D eigenvalue weighted by atomic mass is 9.97. The molecule has 260 valence electrons. The molecule has 2 fully saturated rings. The van der Waals surface area contributed by atoms with Crippen molar-refractivity contribution in [2.45, 2.75) is 50.7 Å². The maximum absolute atomic E-state index is 13.3.